The largest absolute Gasteiger partial charge is 0.337 e. The monoisotopic (exact) mass is 378 g/mol. The Bertz CT molecular complexity index is 1110. The highest BCUT2D eigenvalue weighted by molar-refractivity contribution is 7.20. The van der Waals surface area contributed by atoms with Crippen molar-refractivity contribution in [1.82, 2.24) is 29.7 Å². The average Bonchev–Trinajstić information content (AvgIpc) is 3.31. The van der Waals surface area contributed by atoms with Gasteiger partial charge in [0.25, 0.3) is 5.91 Å². The van der Waals surface area contributed by atoms with Gasteiger partial charge < -0.3 is 4.90 Å². The number of likely N-dealkylation sites (tertiary alicyclic amines) is 1. The lowest BCUT2D eigenvalue weighted by Crippen LogP contribution is -2.38. The molecule has 0 saturated carbocycles. The van der Waals surface area contributed by atoms with E-state index in [0.717, 1.165) is 40.2 Å². The smallest absolute Gasteiger partial charge is 0.282 e. The first kappa shape index (κ1) is 16.3. The maximum Gasteiger partial charge on any atom is 0.282 e. The molecule has 7 nitrogen and oxygen atoms in total. The molecule has 27 heavy (non-hydrogen) atoms. The summed E-state index contributed by atoms with van der Waals surface area (Å²) in [5.74, 6) is 1.17. The van der Waals surface area contributed by atoms with Gasteiger partial charge in [-0.2, -0.15) is 9.61 Å². The second kappa shape index (κ2) is 6.38. The molecule has 1 fully saturated rings. The predicted molar refractivity (Wildman–Crippen MR) is 103 cm³/mol. The van der Waals surface area contributed by atoms with E-state index in [1.165, 1.54) is 11.3 Å². The van der Waals surface area contributed by atoms with E-state index in [0.29, 0.717) is 18.1 Å². The lowest BCUT2D eigenvalue weighted by Gasteiger charge is -2.30. The second-order valence-electron chi connectivity index (χ2n) is 6.86. The van der Waals surface area contributed by atoms with Gasteiger partial charge in [-0.15, -0.1) is 21.5 Å². The van der Waals surface area contributed by atoms with Gasteiger partial charge in [-0.05, 0) is 44.0 Å². The highest BCUT2D eigenvalue weighted by atomic mass is 32.1. The minimum atomic E-state index is 0.0229. The summed E-state index contributed by atoms with van der Waals surface area (Å²) in [6, 6.07) is 11.7. The molecule has 0 N–H and O–H groups in total. The van der Waals surface area contributed by atoms with Gasteiger partial charge in [0.15, 0.2) is 16.5 Å². The van der Waals surface area contributed by atoms with E-state index >= 15 is 0 Å². The number of thiazole rings is 1. The Balaban J connectivity index is 1.33. The van der Waals surface area contributed by atoms with Crippen LogP contribution < -0.4 is 0 Å². The molecule has 1 saturated heterocycles. The van der Waals surface area contributed by atoms with Gasteiger partial charge >= 0.3 is 0 Å². The number of rotatable bonds is 2. The third-order valence-electron chi connectivity index (χ3n) is 5.04. The van der Waals surface area contributed by atoms with Crippen molar-refractivity contribution in [2.75, 3.05) is 13.1 Å². The lowest BCUT2D eigenvalue weighted by molar-refractivity contribution is 0.0710. The van der Waals surface area contributed by atoms with E-state index in [1.54, 1.807) is 0 Å². The van der Waals surface area contributed by atoms with Crippen LogP contribution in [0.15, 0.2) is 36.4 Å². The van der Waals surface area contributed by atoms with Crippen LogP contribution in [0.2, 0.25) is 0 Å². The maximum absolute atomic E-state index is 12.8. The summed E-state index contributed by atoms with van der Waals surface area (Å²) in [6.45, 7) is 3.35. The standard InChI is InChI=1S/C19H18N6OS/c1-12-6-7-16-21-22-17(25(16)23-12)13-8-10-24(11-9-13)19(26)18-20-14-4-2-3-5-15(14)27-18/h2-7,13H,8-11H2,1H3. The van der Waals surface area contributed by atoms with Crippen LogP contribution >= 0.6 is 11.3 Å². The first-order chi connectivity index (χ1) is 13.2. The molecule has 0 spiro atoms. The molecule has 1 aromatic carbocycles. The fourth-order valence-electron chi connectivity index (χ4n) is 3.59. The quantitative estimate of drug-likeness (QED) is 0.536. The zero-order valence-corrected chi connectivity index (χ0v) is 15.7. The first-order valence-corrected chi connectivity index (χ1v) is 9.84. The Morgan fingerprint density at radius 2 is 1.93 bits per heavy atom. The van der Waals surface area contributed by atoms with Crippen LogP contribution in [0.3, 0.4) is 0 Å². The van der Waals surface area contributed by atoms with E-state index in [2.05, 4.69) is 20.3 Å². The molecule has 0 atom stereocenters. The van der Waals surface area contributed by atoms with E-state index in [1.807, 2.05) is 52.7 Å². The predicted octanol–water partition coefficient (Wildman–Crippen LogP) is 3.06. The number of nitrogens with zero attached hydrogens (tertiary/aromatic N) is 6. The fourth-order valence-corrected chi connectivity index (χ4v) is 4.53. The van der Waals surface area contributed by atoms with Crippen molar-refractivity contribution in [3.63, 3.8) is 0 Å². The summed E-state index contributed by atoms with van der Waals surface area (Å²) in [4.78, 5) is 19.2. The zero-order chi connectivity index (χ0) is 18.4. The molecule has 0 bridgehead atoms. The topological polar surface area (TPSA) is 76.3 Å². The molecular formula is C19H18N6OS. The molecule has 5 rings (SSSR count). The molecule has 1 aliphatic heterocycles. The van der Waals surface area contributed by atoms with Crippen molar-refractivity contribution >= 4 is 33.1 Å². The molecule has 8 heteroatoms. The zero-order valence-electron chi connectivity index (χ0n) is 14.9. The molecule has 1 aliphatic rings. The van der Waals surface area contributed by atoms with E-state index < -0.39 is 0 Å². The van der Waals surface area contributed by atoms with Gasteiger partial charge in [0.2, 0.25) is 0 Å². The maximum atomic E-state index is 12.8. The number of carbonyl (C=O) groups excluding carboxylic acids is 1. The number of amides is 1. The number of piperidine rings is 1. The van der Waals surface area contributed by atoms with Gasteiger partial charge in [0, 0.05) is 19.0 Å². The van der Waals surface area contributed by atoms with Crippen molar-refractivity contribution in [2.24, 2.45) is 0 Å². The van der Waals surface area contributed by atoms with Gasteiger partial charge in [-0.25, -0.2) is 4.98 Å². The minimum Gasteiger partial charge on any atom is -0.337 e. The Hall–Kier alpha value is -2.87. The average molecular weight is 378 g/mol. The number of fused-ring (bicyclic) bond motifs is 2. The highest BCUT2D eigenvalue weighted by Crippen LogP contribution is 2.29. The second-order valence-corrected chi connectivity index (χ2v) is 7.89. The summed E-state index contributed by atoms with van der Waals surface area (Å²) in [5, 5.41) is 13.7. The molecule has 4 aromatic rings. The Morgan fingerprint density at radius 1 is 1.11 bits per heavy atom. The normalized spacial score (nSPS) is 15.7. The SMILES string of the molecule is Cc1ccc2nnc(C3CCN(C(=O)c4nc5ccccc5s4)CC3)n2n1. The van der Waals surface area contributed by atoms with Crippen LogP contribution in [0, 0.1) is 6.92 Å². The van der Waals surface area contributed by atoms with Gasteiger partial charge in [-0.3, -0.25) is 4.79 Å². The van der Waals surface area contributed by atoms with Crippen LogP contribution in [0.25, 0.3) is 15.9 Å². The Morgan fingerprint density at radius 3 is 2.74 bits per heavy atom. The summed E-state index contributed by atoms with van der Waals surface area (Å²) in [5.41, 5.74) is 2.59. The van der Waals surface area contributed by atoms with Crippen LogP contribution in [-0.4, -0.2) is 48.7 Å². The Kier molecular flexibility index (Phi) is 3.86. The number of hydrogen-bond acceptors (Lipinski definition) is 6. The minimum absolute atomic E-state index is 0.0229. The van der Waals surface area contributed by atoms with Crippen LogP contribution in [-0.2, 0) is 0 Å². The van der Waals surface area contributed by atoms with Crippen molar-refractivity contribution in [2.45, 2.75) is 25.7 Å². The fraction of sp³-hybridized carbons (Fsp3) is 0.316. The highest BCUT2D eigenvalue weighted by Gasteiger charge is 2.29. The summed E-state index contributed by atoms with van der Waals surface area (Å²) in [6.07, 6.45) is 1.71. The first-order valence-electron chi connectivity index (χ1n) is 9.03. The molecule has 1 amide bonds. The molecule has 4 heterocycles. The molecule has 136 valence electrons. The number of benzene rings is 1. The molecule has 0 radical (unpaired) electrons. The van der Waals surface area contributed by atoms with Crippen molar-refractivity contribution < 1.29 is 4.79 Å². The van der Waals surface area contributed by atoms with Crippen LogP contribution in [0.1, 0.15) is 40.1 Å². The van der Waals surface area contributed by atoms with Crippen LogP contribution in [0.5, 0.6) is 0 Å². The summed E-state index contributed by atoms with van der Waals surface area (Å²) in [7, 11) is 0. The Labute approximate surface area is 159 Å². The molecule has 0 aliphatic carbocycles. The van der Waals surface area contributed by atoms with Crippen molar-refractivity contribution in [1.29, 1.82) is 0 Å². The molecular weight excluding hydrogens is 360 g/mol. The molecule has 0 unspecified atom stereocenters. The number of carbonyl (C=O) groups is 1. The van der Waals surface area contributed by atoms with Gasteiger partial charge in [-0.1, -0.05) is 12.1 Å². The number of aromatic nitrogens is 5. The van der Waals surface area contributed by atoms with Crippen molar-refractivity contribution in [3.05, 3.63) is 52.9 Å². The van der Waals surface area contributed by atoms with Crippen LogP contribution in [0.4, 0.5) is 0 Å². The van der Waals surface area contributed by atoms with E-state index in [4.69, 9.17) is 0 Å². The molecule has 3 aromatic heterocycles. The third-order valence-corrected chi connectivity index (χ3v) is 6.07. The van der Waals surface area contributed by atoms with Gasteiger partial charge in [0.05, 0.1) is 15.9 Å². The number of para-hydroxylation sites is 1. The third kappa shape index (κ3) is 2.86. The van der Waals surface area contributed by atoms with E-state index in [9.17, 15) is 4.79 Å². The summed E-state index contributed by atoms with van der Waals surface area (Å²) >= 11 is 1.46. The van der Waals surface area contributed by atoms with Crippen molar-refractivity contribution in [3.8, 4) is 0 Å². The van der Waals surface area contributed by atoms with E-state index in [-0.39, 0.29) is 11.8 Å². The summed E-state index contributed by atoms with van der Waals surface area (Å²) < 4.78 is 2.89. The van der Waals surface area contributed by atoms with Gasteiger partial charge in [0.1, 0.15) is 0 Å². The lowest BCUT2D eigenvalue weighted by atomic mass is 9.96. The number of aryl methyl sites for hydroxylation is 1. The number of hydrogen-bond donors (Lipinski definition) is 0.